The molecule has 0 bridgehead atoms. The number of esters is 1. The molecular weight excluding hydrogens is 286 g/mol. The largest absolute Gasteiger partial charge is 0.465 e. The highest BCUT2D eigenvalue weighted by Gasteiger charge is 2.31. The van der Waals surface area contributed by atoms with Crippen molar-refractivity contribution >= 4 is 12.1 Å². The number of amides is 1. The van der Waals surface area contributed by atoms with Crippen molar-refractivity contribution in [2.75, 3.05) is 20.2 Å². The summed E-state index contributed by atoms with van der Waals surface area (Å²) in [5.74, 6) is 0.214. The summed E-state index contributed by atoms with van der Waals surface area (Å²) in [4.78, 5) is 33.4. The van der Waals surface area contributed by atoms with Crippen LogP contribution >= 0.6 is 0 Å². The molecule has 7 nitrogen and oxygen atoms in total. The molecule has 0 radical (unpaired) electrons. The lowest BCUT2D eigenvalue weighted by atomic mass is 10.1. The Morgan fingerprint density at radius 3 is 2.45 bits per heavy atom. The summed E-state index contributed by atoms with van der Waals surface area (Å²) in [6.45, 7) is 6.65. The predicted octanol–water partition coefficient (Wildman–Crippen LogP) is 1.99. The van der Waals surface area contributed by atoms with Gasteiger partial charge in [-0.1, -0.05) is 0 Å². The monoisotopic (exact) mass is 307 g/mol. The van der Waals surface area contributed by atoms with Crippen molar-refractivity contribution in [3.8, 4) is 0 Å². The number of aromatic nitrogens is 2. The lowest BCUT2D eigenvalue weighted by Gasteiger charge is -2.24. The predicted molar refractivity (Wildman–Crippen MR) is 78.5 cm³/mol. The fourth-order valence-corrected chi connectivity index (χ4v) is 2.24. The first-order valence-corrected chi connectivity index (χ1v) is 7.18. The Hall–Kier alpha value is -2.18. The van der Waals surface area contributed by atoms with Crippen LogP contribution in [0.25, 0.3) is 0 Å². The van der Waals surface area contributed by atoms with E-state index >= 15 is 0 Å². The van der Waals surface area contributed by atoms with Gasteiger partial charge in [0.2, 0.25) is 0 Å². The Kier molecular flexibility index (Phi) is 4.63. The van der Waals surface area contributed by atoms with Gasteiger partial charge in [0.05, 0.1) is 12.7 Å². The molecule has 1 aromatic rings. The number of rotatable bonds is 2. The van der Waals surface area contributed by atoms with Crippen LogP contribution in [-0.2, 0) is 9.47 Å². The minimum atomic E-state index is -0.506. The number of carbonyl (C=O) groups is 2. The Morgan fingerprint density at radius 2 is 1.91 bits per heavy atom. The fraction of sp³-hybridized carbons (Fsp3) is 0.600. The van der Waals surface area contributed by atoms with E-state index in [9.17, 15) is 9.59 Å². The molecule has 1 aliphatic rings. The first kappa shape index (κ1) is 16.2. The fourth-order valence-electron chi connectivity index (χ4n) is 2.24. The van der Waals surface area contributed by atoms with Gasteiger partial charge in [0.1, 0.15) is 11.4 Å². The van der Waals surface area contributed by atoms with Gasteiger partial charge in [0.15, 0.2) is 0 Å². The number of nitrogens with zero attached hydrogens (tertiary/aromatic N) is 3. The zero-order chi connectivity index (χ0) is 16.3. The molecule has 0 saturated carbocycles. The van der Waals surface area contributed by atoms with Gasteiger partial charge in [-0.25, -0.2) is 19.6 Å². The molecule has 120 valence electrons. The SMILES string of the molecule is COC(=O)c1cnc(C2CCN(C(=O)OC(C)(C)C)C2)nc1. The number of hydrogen-bond donors (Lipinski definition) is 0. The Labute approximate surface area is 129 Å². The Bertz CT molecular complexity index is 551. The molecule has 1 unspecified atom stereocenters. The molecule has 0 spiro atoms. The smallest absolute Gasteiger partial charge is 0.410 e. The van der Waals surface area contributed by atoms with Gasteiger partial charge in [0.25, 0.3) is 0 Å². The molecular formula is C15H21N3O4. The summed E-state index contributed by atoms with van der Waals surface area (Å²) in [5, 5.41) is 0. The van der Waals surface area contributed by atoms with Crippen LogP contribution < -0.4 is 0 Å². The van der Waals surface area contributed by atoms with Crippen molar-refractivity contribution in [2.24, 2.45) is 0 Å². The number of ether oxygens (including phenoxy) is 2. The van der Waals surface area contributed by atoms with E-state index in [0.29, 0.717) is 24.5 Å². The summed E-state index contributed by atoms with van der Waals surface area (Å²) >= 11 is 0. The van der Waals surface area contributed by atoms with E-state index in [4.69, 9.17) is 4.74 Å². The molecule has 0 aliphatic carbocycles. The van der Waals surface area contributed by atoms with E-state index < -0.39 is 11.6 Å². The second-order valence-corrected chi connectivity index (χ2v) is 6.23. The minimum Gasteiger partial charge on any atom is -0.465 e. The van der Waals surface area contributed by atoms with Crippen molar-refractivity contribution in [1.29, 1.82) is 0 Å². The molecule has 7 heteroatoms. The maximum Gasteiger partial charge on any atom is 0.410 e. The summed E-state index contributed by atoms with van der Waals surface area (Å²) < 4.78 is 9.96. The van der Waals surface area contributed by atoms with Crippen LogP contribution in [0.3, 0.4) is 0 Å². The van der Waals surface area contributed by atoms with Crippen LogP contribution in [0.4, 0.5) is 4.79 Å². The van der Waals surface area contributed by atoms with Crippen LogP contribution in [0.15, 0.2) is 12.4 Å². The van der Waals surface area contributed by atoms with E-state index in [1.165, 1.54) is 19.5 Å². The highest BCUT2D eigenvalue weighted by molar-refractivity contribution is 5.88. The summed E-state index contributed by atoms with van der Waals surface area (Å²) in [6.07, 6.45) is 3.35. The third-order valence-corrected chi connectivity index (χ3v) is 3.30. The third-order valence-electron chi connectivity index (χ3n) is 3.30. The van der Waals surface area contributed by atoms with Gasteiger partial charge >= 0.3 is 12.1 Å². The quantitative estimate of drug-likeness (QED) is 0.777. The molecule has 1 aromatic heterocycles. The molecule has 1 saturated heterocycles. The van der Waals surface area contributed by atoms with Gasteiger partial charge in [0, 0.05) is 31.4 Å². The van der Waals surface area contributed by atoms with Gasteiger partial charge in [-0.05, 0) is 27.2 Å². The number of hydrogen-bond acceptors (Lipinski definition) is 6. The first-order chi connectivity index (χ1) is 10.3. The van der Waals surface area contributed by atoms with E-state index in [0.717, 1.165) is 6.42 Å². The maximum absolute atomic E-state index is 12.0. The first-order valence-electron chi connectivity index (χ1n) is 7.18. The van der Waals surface area contributed by atoms with Crippen LogP contribution in [0.5, 0.6) is 0 Å². The molecule has 0 N–H and O–H groups in total. The highest BCUT2D eigenvalue weighted by Crippen LogP contribution is 2.25. The van der Waals surface area contributed by atoms with Crippen molar-refractivity contribution < 1.29 is 19.1 Å². The average molecular weight is 307 g/mol. The van der Waals surface area contributed by atoms with Crippen LogP contribution in [0.2, 0.25) is 0 Å². The van der Waals surface area contributed by atoms with Crippen molar-refractivity contribution in [2.45, 2.75) is 38.7 Å². The minimum absolute atomic E-state index is 0.0548. The van der Waals surface area contributed by atoms with Crippen LogP contribution in [0, 0.1) is 0 Å². The molecule has 2 heterocycles. The van der Waals surface area contributed by atoms with Crippen LogP contribution in [0.1, 0.15) is 49.3 Å². The Balaban J connectivity index is 1.98. The van der Waals surface area contributed by atoms with Crippen molar-refractivity contribution in [1.82, 2.24) is 14.9 Å². The van der Waals surface area contributed by atoms with Gasteiger partial charge in [-0.3, -0.25) is 0 Å². The second kappa shape index (κ2) is 6.29. The lowest BCUT2D eigenvalue weighted by molar-refractivity contribution is 0.0292. The number of likely N-dealkylation sites (tertiary alicyclic amines) is 1. The van der Waals surface area contributed by atoms with Crippen molar-refractivity contribution in [3.05, 3.63) is 23.8 Å². The molecule has 2 rings (SSSR count). The van der Waals surface area contributed by atoms with Gasteiger partial charge in [-0.15, -0.1) is 0 Å². The zero-order valence-electron chi connectivity index (χ0n) is 13.3. The average Bonchev–Trinajstić information content (AvgIpc) is 2.95. The van der Waals surface area contributed by atoms with Gasteiger partial charge < -0.3 is 14.4 Å². The van der Waals surface area contributed by atoms with E-state index in [2.05, 4.69) is 14.7 Å². The summed E-state index contributed by atoms with van der Waals surface area (Å²) in [6, 6.07) is 0. The zero-order valence-corrected chi connectivity index (χ0v) is 13.3. The molecule has 0 aromatic carbocycles. The normalized spacial score (nSPS) is 18.2. The molecule has 22 heavy (non-hydrogen) atoms. The molecule has 1 fully saturated rings. The number of carbonyl (C=O) groups excluding carboxylic acids is 2. The summed E-state index contributed by atoms with van der Waals surface area (Å²) in [7, 11) is 1.31. The van der Waals surface area contributed by atoms with E-state index in [1.807, 2.05) is 20.8 Å². The molecule has 1 aliphatic heterocycles. The lowest BCUT2D eigenvalue weighted by Crippen LogP contribution is -2.35. The van der Waals surface area contributed by atoms with Crippen molar-refractivity contribution in [3.63, 3.8) is 0 Å². The topological polar surface area (TPSA) is 81.6 Å². The maximum atomic E-state index is 12.0. The van der Waals surface area contributed by atoms with E-state index in [1.54, 1.807) is 4.90 Å². The highest BCUT2D eigenvalue weighted by atomic mass is 16.6. The van der Waals surface area contributed by atoms with Gasteiger partial charge in [-0.2, -0.15) is 0 Å². The third kappa shape index (κ3) is 3.93. The Morgan fingerprint density at radius 1 is 1.27 bits per heavy atom. The number of methoxy groups -OCH3 is 1. The summed E-state index contributed by atoms with van der Waals surface area (Å²) in [5.41, 5.74) is -0.193. The molecule has 1 amide bonds. The van der Waals surface area contributed by atoms with E-state index in [-0.39, 0.29) is 12.0 Å². The van der Waals surface area contributed by atoms with Crippen LogP contribution in [-0.4, -0.2) is 52.7 Å². The second-order valence-electron chi connectivity index (χ2n) is 6.23. The standard InChI is InChI=1S/C15H21N3O4/c1-15(2,3)22-14(20)18-6-5-10(9-18)12-16-7-11(8-17-12)13(19)21-4/h7-8,10H,5-6,9H2,1-4H3. The molecule has 1 atom stereocenters.